The van der Waals surface area contributed by atoms with Gasteiger partial charge in [-0.2, -0.15) is 4.31 Å². The molecule has 0 N–H and O–H groups in total. The number of nitrogens with zero attached hydrogens (tertiary/aromatic N) is 1. The van der Waals surface area contributed by atoms with E-state index in [1.54, 1.807) is 49.6 Å². The lowest BCUT2D eigenvalue weighted by Gasteiger charge is -2.15. The van der Waals surface area contributed by atoms with E-state index in [0.717, 1.165) is 11.1 Å². The van der Waals surface area contributed by atoms with Crippen molar-refractivity contribution in [3.05, 3.63) is 65.4 Å². The lowest BCUT2D eigenvalue weighted by atomic mass is 10.2. The predicted octanol–water partition coefficient (Wildman–Crippen LogP) is 3.19. The number of rotatable bonds is 4. The number of carbonyl (C=O) groups excluding carboxylic acids is 1. The number of aryl methyl sites for hydroxylation is 1. The van der Waals surface area contributed by atoms with Crippen LogP contribution < -0.4 is 4.74 Å². The van der Waals surface area contributed by atoms with Gasteiger partial charge in [0.05, 0.1) is 17.7 Å². The molecule has 0 saturated carbocycles. The van der Waals surface area contributed by atoms with Crippen LogP contribution in [0.3, 0.4) is 0 Å². The number of ether oxygens (including phenoxy) is 2. The van der Waals surface area contributed by atoms with Crippen molar-refractivity contribution >= 4 is 22.2 Å². The van der Waals surface area contributed by atoms with Crippen LogP contribution in [0.15, 0.2) is 59.1 Å². The summed E-state index contributed by atoms with van der Waals surface area (Å²) in [6, 6.07) is 13.4. The zero-order valence-electron chi connectivity index (χ0n) is 13.8. The van der Waals surface area contributed by atoms with Crippen molar-refractivity contribution < 1.29 is 22.7 Å². The van der Waals surface area contributed by atoms with Gasteiger partial charge in [-0.15, -0.1) is 0 Å². The summed E-state index contributed by atoms with van der Waals surface area (Å²) in [7, 11) is -2.46. The van der Waals surface area contributed by atoms with Gasteiger partial charge in [-0.05, 0) is 42.8 Å². The van der Waals surface area contributed by atoms with E-state index in [2.05, 4.69) is 0 Å². The number of sulfonamides is 1. The van der Waals surface area contributed by atoms with Gasteiger partial charge < -0.3 is 9.47 Å². The molecule has 0 spiro atoms. The molecule has 1 fully saturated rings. The molecule has 0 radical (unpaired) electrons. The molecule has 1 aliphatic rings. The van der Waals surface area contributed by atoms with E-state index < -0.39 is 16.1 Å². The molecule has 130 valence electrons. The maximum absolute atomic E-state index is 12.8. The molecule has 0 aliphatic carbocycles. The molecule has 1 heterocycles. The normalized spacial score (nSPS) is 16.2. The largest absolute Gasteiger partial charge is 0.497 e. The van der Waals surface area contributed by atoms with E-state index in [1.165, 1.54) is 12.1 Å². The van der Waals surface area contributed by atoms with Crippen molar-refractivity contribution in [2.45, 2.75) is 11.8 Å². The number of amides is 1. The second kappa shape index (κ2) is 6.60. The van der Waals surface area contributed by atoms with Crippen molar-refractivity contribution in [1.29, 1.82) is 0 Å². The number of cyclic esters (lactones) is 1. The summed E-state index contributed by atoms with van der Waals surface area (Å²) in [5.74, 6) is 0.685. The van der Waals surface area contributed by atoms with E-state index in [9.17, 15) is 13.2 Å². The molecule has 1 aliphatic heterocycles. The molecule has 6 nitrogen and oxygen atoms in total. The monoisotopic (exact) mass is 359 g/mol. The standard InChI is InChI=1S/C18H17NO5S/c1-13-3-9-17(10-4-13)25(21,22)19-15(12-24-18(19)20)11-14-5-7-16(23-2)8-6-14/h3-11H,12H2,1-2H3/b15-11+. The van der Waals surface area contributed by atoms with E-state index in [4.69, 9.17) is 9.47 Å². The second-order valence-electron chi connectivity index (χ2n) is 5.55. The highest BCUT2D eigenvalue weighted by Gasteiger charge is 2.38. The van der Waals surface area contributed by atoms with E-state index >= 15 is 0 Å². The summed E-state index contributed by atoms with van der Waals surface area (Å²) in [4.78, 5) is 12.1. The number of hydrogen-bond donors (Lipinski definition) is 0. The first-order valence-electron chi connectivity index (χ1n) is 7.55. The quantitative estimate of drug-likeness (QED) is 0.838. The fourth-order valence-corrected chi connectivity index (χ4v) is 3.79. The van der Waals surface area contributed by atoms with Gasteiger partial charge in [-0.25, -0.2) is 13.2 Å². The Hall–Kier alpha value is -2.80. The minimum Gasteiger partial charge on any atom is -0.497 e. The highest BCUT2D eigenvalue weighted by Crippen LogP contribution is 2.28. The molecule has 2 aromatic carbocycles. The first-order chi connectivity index (χ1) is 11.9. The SMILES string of the molecule is COc1ccc(/C=C2\COC(=O)N2S(=O)(=O)c2ccc(C)cc2)cc1. The number of benzene rings is 2. The Balaban J connectivity index is 1.98. The van der Waals surface area contributed by atoms with E-state index in [1.807, 2.05) is 6.92 Å². The van der Waals surface area contributed by atoms with Crippen LogP contribution in [0.4, 0.5) is 4.79 Å². The van der Waals surface area contributed by atoms with Crippen molar-refractivity contribution in [1.82, 2.24) is 4.31 Å². The van der Waals surface area contributed by atoms with Crippen LogP contribution in [0.2, 0.25) is 0 Å². The van der Waals surface area contributed by atoms with Crippen LogP contribution >= 0.6 is 0 Å². The van der Waals surface area contributed by atoms with Gasteiger partial charge in [-0.1, -0.05) is 29.8 Å². The zero-order chi connectivity index (χ0) is 18.0. The van der Waals surface area contributed by atoms with Gasteiger partial charge in [0.25, 0.3) is 10.0 Å². The number of carbonyl (C=O) groups is 1. The fourth-order valence-electron chi connectivity index (χ4n) is 2.43. The smallest absolute Gasteiger partial charge is 0.428 e. The molecular formula is C18H17NO5S. The van der Waals surface area contributed by atoms with Crippen LogP contribution in [0.1, 0.15) is 11.1 Å². The summed E-state index contributed by atoms with van der Waals surface area (Å²) < 4.78 is 36.4. The second-order valence-corrected chi connectivity index (χ2v) is 7.33. The van der Waals surface area contributed by atoms with Crippen LogP contribution in [0.25, 0.3) is 6.08 Å². The lowest BCUT2D eigenvalue weighted by Crippen LogP contribution is -2.30. The van der Waals surface area contributed by atoms with Crippen LogP contribution in [0.5, 0.6) is 5.75 Å². The summed E-state index contributed by atoms with van der Waals surface area (Å²) in [6.45, 7) is 1.76. The molecule has 3 rings (SSSR count). The third-order valence-corrected chi connectivity index (χ3v) is 5.51. The van der Waals surface area contributed by atoms with Gasteiger partial charge >= 0.3 is 6.09 Å². The van der Waals surface area contributed by atoms with Crippen molar-refractivity contribution in [2.24, 2.45) is 0 Å². The van der Waals surface area contributed by atoms with Crippen molar-refractivity contribution in [2.75, 3.05) is 13.7 Å². The Kier molecular flexibility index (Phi) is 4.50. The number of hydrogen-bond acceptors (Lipinski definition) is 5. The predicted molar refractivity (Wildman–Crippen MR) is 92.5 cm³/mol. The maximum Gasteiger partial charge on any atom is 0.428 e. The van der Waals surface area contributed by atoms with E-state index in [0.29, 0.717) is 10.1 Å². The minimum atomic E-state index is -4.02. The molecule has 2 aromatic rings. The molecule has 1 saturated heterocycles. The number of methoxy groups -OCH3 is 1. The molecule has 0 unspecified atom stereocenters. The Morgan fingerprint density at radius 1 is 1.08 bits per heavy atom. The van der Waals surface area contributed by atoms with Gasteiger partial charge in [0.15, 0.2) is 0 Å². The molecule has 25 heavy (non-hydrogen) atoms. The summed E-state index contributed by atoms with van der Waals surface area (Å²) in [5, 5.41) is 0. The third kappa shape index (κ3) is 3.36. The third-order valence-electron chi connectivity index (χ3n) is 3.78. The Morgan fingerprint density at radius 3 is 2.32 bits per heavy atom. The average Bonchev–Trinajstić information content (AvgIpc) is 2.97. The molecule has 0 aromatic heterocycles. The highest BCUT2D eigenvalue weighted by atomic mass is 32.2. The summed E-state index contributed by atoms with van der Waals surface area (Å²) in [5.41, 5.74) is 1.92. The van der Waals surface area contributed by atoms with Crippen LogP contribution in [-0.4, -0.2) is 32.5 Å². The van der Waals surface area contributed by atoms with Gasteiger partial charge in [0, 0.05) is 0 Å². The van der Waals surface area contributed by atoms with Crippen molar-refractivity contribution in [3.8, 4) is 5.75 Å². The van der Waals surface area contributed by atoms with Crippen LogP contribution in [-0.2, 0) is 14.8 Å². The molecule has 0 atom stereocenters. The first-order valence-corrected chi connectivity index (χ1v) is 8.99. The molecular weight excluding hydrogens is 342 g/mol. The highest BCUT2D eigenvalue weighted by molar-refractivity contribution is 7.89. The summed E-state index contributed by atoms with van der Waals surface area (Å²) in [6.07, 6.45) is 0.705. The van der Waals surface area contributed by atoms with Crippen LogP contribution in [0, 0.1) is 6.92 Å². The van der Waals surface area contributed by atoms with Gasteiger partial charge in [-0.3, -0.25) is 0 Å². The Bertz CT molecular complexity index is 915. The van der Waals surface area contributed by atoms with Gasteiger partial charge in [0.2, 0.25) is 0 Å². The Morgan fingerprint density at radius 2 is 1.72 bits per heavy atom. The van der Waals surface area contributed by atoms with Crippen molar-refractivity contribution in [3.63, 3.8) is 0 Å². The summed E-state index contributed by atoms with van der Waals surface area (Å²) >= 11 is 0. The topological polar surface area (TPSA) is 72.9 Å². The minimum absolute atomic E-state index is 0.0394. The van der Waals surface area contributed by atoms with E-state index in [-0.39, 0.29) is 17.2 Å². The average molecular weight is 359 g/mol. The Labute approximate surface area is 146 Å². The molecule has 7 heteroatoms. The van der Waals surface area contributed by atoms with Gasteiger partial charge in [0.1, 0.15) is 12.4 Å². The molecule has 1 amide bonds. The lowest BCUT2D eigenvalue weighted by molar-refractivity contribution is 0.170. The molecule has 0 bridgehead atoms. The maximum atomic E-state index is 12.8. The zero-order valence-corrected chi connectivity index (χ0v) is 14.6. The fraction of sp³-hybridized carbons (Fsp3) is 0.167. The first kappa shape index (κ1) is 17.0.